The monoisotopic (exact) mass is 271 g/mol. The lowest BCUT2D eigenvalue weighted by Gasteiger charge is -2.24. The van der Waals surface area contributed by atoms with Crippen molar-refractivity contribution >= 4 is 15.7 Å². The third kappa shape index (κ3) is 4.56. The molecule has 1 rings (SSSR count). The van der Waals surface area contributed by atoms with Crippen molar-refractivity contribution in [3.63, 3.8) is 0 Å². The highest BCUT2D eigenvalue weighted by Gasteiger charge is 2.16. The largest absolute Gasteiger partial charge is 0.488 e. The van der Waals surface area contributed by atoms with E-state index in [9.17, 15) is 8.42 Å². The summed E-state index contributed by atoms with van der Waals surface area (Å²) < 4.78 is 31.0. The molecule has 1 N–H and O–H groups in total. The highest BCUT2D eigenvalue weighted by Crippen LogP contribution is 2.22. The van der Waals surface area contributed by atoms with Crippen LogP contribution in [-0.2, 0) is 10.0 Å². The molecular formula is C13H21NO3S. The molecule has 0 unspecified atom stereocenters. The van der Waals surface area contributed by atoms with Gasteiger partial charge in [-0.3, -0.25) is 4.72 Å². The average Bonchev–Trinajstić information content (AvgIpc) is 2.31. The van der Waals surface area contributed by atoms with E-state index in [1.54, 1.807) is 31.2 Å². The minimum Gasteiger partial charge on any atom is -0.488 e. The molecule has 4 nitrogen and oxygen atoms in total. The van der Waals surface area contributed by atoms with Crippen molar-refractivity contribution < 1.29 is 13.2 Å². The Morgan fingerprint density at radius 2 is 1.72 bits per heavy atom. The van der Waals surface area contributed by atoms with Gasteiger partial charge in [-0.1, -0.05) is 6.92 Å². The predicted octanol–water partition coefficient (Wildman–Crippen LogP) is 3.02. The molecule has 1 aromatic rings. The van der Waals surface area contributed by atoms with Crippen LogP contribution in [0.25, 0.3) is 0 Å². The number of nitrogens with one attached hydrogen (secondary N) is 1. The van der Waals surface area contributed by atoms with Gasteiger partial charge in [0.2, 0.25) is 10.0 Å². The summed E-state index contributed by atoms with van der Waals surface area (Å²) in [5, 5.41) is 0. The van der Waals surface area contributed by atoms with E-state index in [0.717, 1.165) is 12.2 Å². The lowest BCUT2D eigenvalue weighted by molar-refractivity contribution is 0.105. The summed E-state index contributed by atoms with van der Waals surface area (Å²) in [4.78, 5) is 0. The fourth-order valence-electron chi connectivity index (χ4n) is 1.23. The molecule has 18 heavy (non-hydrogen) atoms. The fraction of sp³-hybridized carbons (Fsp3) is 0.538. The van der Waals surface area contributed by atoms with Crippen molar-refractivity contribution in [1.29, 1.82) is 0 Å². The third-order valence-electron chi connectivity index (χ3n) is 2.75. The summed E-state index contributed by atoms with van der Waals surface area (Å²) in [5.41, 5.74) is 0.336. The second-order valence-electron chi connectivity index (χ2n) is 4.75. The molecule has 0 aliphatic carbocycles. The van der Waals surface area contributed by atoms with Crippen molar-refractivity contribution in [2.45, 2.75) is 39.7 Å². The molecule has 0 aromatic heterocycles. The first-order valence-electron chi connectivity index (χ1n) is 6.07. The van der Waals surface area contributed by atoms with Gasteiger partial charge in [0.05, 0.1) is 5.75 Å². The maximum absolute atomic E-state index is 11.4. The van der Waals surface area contributed by atoms with Crippen LogP contribution < -0.4 is 9.46 Å². The van der Waals surface area contributed by atoms with Gasteiger partial charge in [0.1, 0.15) is 11.4 Å². The van der Waals surface area contributed by atoms with E-state index in [1.807, 2.05) is 13.8 Å². The molecule has 0 saturated heterocycles. The molecule has 5 heteroatoms. The topological polar surface area (TPSA) is 55.4 Å². The Bertz CT molecular complexity index is 477. The van der Waals surface area contributed by atoms with E-state index in [2.05, 4.69) is 11.6 Å². The van der Waals surface area contributed by atoms with E-state index in [4.69, 9.17) is 4.74 Å². The van der Waals surface area contributed by atoms with Gasteiger partial charge in [-0.15, -0.1) is 0 Å². The fourth-order valence-corrected chi connectivity index (χ4v) is 1.87. The van der Waals surface area contributed by atoms with Crippen LogP contribution in [0.15, 0.2) is 24.3 Å². The zero-order valence-electron chi connectivity index (χ0n) is 11.4. The van der Waals surface area contributed by atoms with Crippen molar-refractivity contribution in [3.05, 3.63) is 24.3 Å². The number of sulfonamides is 1. The van der Waals surface area contributed by atoms with E-state index in [-0.39, 0.29) is 11.4 Å². The van der Waals surface area contributed by atoms with Crippen LogP contribution in [0.1, 0.15) is 34.1 Å². The number of ether oxygens (including phenoxy) is 1. The average molecular weight is 271 g/mol. The predicted molar refractivity (Wildman–Crippen MR) is 74.5 cm³/mol. The van der Waals surface area contributed by atoms with Crippen LogP contribution in [0.3, 0.4) is 0 Å². The molecule has 0 heterocycles. The standard InChI is InChI=1S/C13H21NO3S/c1-5-13(3,4)17-12-9-7-11(8-10-12)14-18(15,16)6-2/h7-10,14H,5-6H2,1-4H3. The molecule has 0 radical (unpaired) electrons. The first-order chi connectivity index (χ1) is 8.28. The van der Waals surface area contributed by atoms with Crippen molar-refractivity contribution in [1.82, 2.24) is 0 Å². The minimum absolute atomic E-state index is 0.0636. The van der Waals surface area contributed by atoms with Gasteiger partial charge in [0, 0.05) is 5.69 Å². The lowest BCUT2D eigenvalue weighted by Crippen LogP contribution is -2.26. The molecule has 1 aromatic carbocycles. The Labute approximate surface area is 109 Å². The molecule has 0 fully saturated rings. The zero-order chi connectivity index (χ0) is 13.8. The smallest absolute Gasteiger partial charge is 0.232 e. The Balaban J connectivity index is 2.75. The Kier molecular flexibility index (Phi) is 4.62. The van der Waals surface area contributed by atoms with E-state index in [0.29, 0.717) is 5.69 Å². The van der Waals surface area contributed by atoms with Gasteiger partial charge in [0.25, 0.3) is 0 Å². The van der Waals surface area contributed by atoms with Crippen LogP contribution in [-0.4, -0.2) is 19.8 Å². The Morgan fingerprint density at radius 3 is 2.17 bits per heavy atom. The van der Waals surface area contributed by atoms with Crippen LogP contribution in [0.2, 0.25) is 0 Å². The van der Waals surface area contributed by atoms with Gasteiger partial charge in [-0.25, -0.2) is 8.42 Å². The molecule has 102 valence electrons. The molecule has 0 aliphatic rings. The summed E-state index contributed by atoms with van der Waals surface area (Å²) in [7, 11) is -3.22. The van der Waals surface area contributed by atoms with E-state index in [1.165, 1.54) is 0 Å². The molecular weight excluding hydrogens is 250 g/mol. The zero-order valence-corrected chi connectivity index (χ0v) is 12.2. The van der Waals surface area contributed by atoms with E-state index < -0.39 is 10.0 Å². The van der Waals surface area contributed by atoms with Gasteiger partial charge >= 0.3 is 0 Å². The molecule has 0 atom stereocenters. The summed E-state index contributed by atoms with van der Waals surface area (Å²) in [6, 6.07) is 6.94. The molecule has 0 saturated carbocycles. The Hall–Kier alpha value is -1.23. The first-order valence-corrected chi connectivity index (χ1v) is 7.73. The highest BCUT2D eigenvalue weighted by atomic mass is 32.2. The number of rotatable bonds is 6. The normalized spacial score (nSPS) is 12.2. The molecule has 0 aliphatic heterocycles. The number of anilines is 1. The second kappa shape index (κ2) is 5.61. The maximum atomic E-state index is 11.4. The van der Waals surface area contributed by atoms with Gasteiger partial charge in [0.15, 0.2) is 0 Å². The van der Waals surface area contributed by atoms with Crippen molar-refractivity contribution in [3.8, 4) is 5.75 Å². The van der Waals surface area contributed by atoms with E-state index >= 15 is 0 Å². The lowest BCUT2D eigenvalue weighted by atomic mass is 10.1. The third-order valence-corrected chi connectivity index (χ3v) is 4.06. The number of hydrogen-bond acceptors (Lipinski definition) is 3. The summed E-state index contributed by atoms with van der Waals surface area (Å²) >= 11 is 0. The van der Waals surface area contributed by atoms with Crippen LogP contribution in [0, 0.1) is 0 Å². The number of benzene rings is 1. The Morgan fingerprint density at radius 1 is 1.17 bits per heavy atom. The summed E-state index contributed by atoms with van der Waals surface area (Å²) in [6.45, 7) is 7.69. The minimum atomic E-state index is -3.22. The van der Waals surface area contributed by atoms with Gasteiger partial charge in [-0.2, -0.15) is 0 Å². The van der Waals surface area contributed by atoms with Crippen LogP contribution in [0.5, 0.6) is 5.75 Å². The van der Waals surface area contributed by atoms with Crippen molar-refractivity contribution in [2.75, 3.05) is 10.5 Å². The maximum Gasteiger partial charge on any atom is 0.232 e. The first kappa shape index (κ1) is 14.8. The van der Waals surface area contributed by atoms with Crippen molar-refractivity contribution in [2.24, 2.45) is 0 Å². The van der Waals surface area contributed by atoms with Gasteiger partial charge < -0.3 is 4.74 Å². The summed E-state index contributed by atoms with van der Waals surface area (Å²) in [5.74, 6) is 0.801. The summed E-state index contributed by atoms with van der Waals surface area (Å²) in [6.07, 6.45) is 0.900. The quantitative estimate of drug-likeness (QED) is 0.865. The van der Waals surface area contributed by atoms with Crippen LogP contribution >= 0.6 is 0 Å². The molecule has 0 amide bonds. The van der Waals surface area contributed by atoms with Crippen LogP contribution in [0.4, 0.5) is 5.69 Å². The van der Waals surface area contributed by atoms with Gasteiger partial charge in [-0.05, 0) is 51.5 Å². The highest BCUT2D eigenvalue weighted by molar-refractivity contribution is 7.92. The number of hydrogen-bond donors (Lipinski definition) is 1. The second-order valence-corrected chi connectivity index (χ2v) is 6.76. The molecule has 0 bridgehead atoms. The SMILES string of the molecule is CCC(C)(C)Oc1ccc(NS(=O)(=O)CC)cc1. The molecule has 0 spiro atoms.